The molecule has 1 atom stereocenters. The highest BCUT2D eigenvalue weighted by Gasteiger charge is 2.26. The summed E-state index contributed by atoms with van der Waals surface area (Å²) in [5, 5.41) is 0.386. The average molecular weight is 144 g/mol. The Morgan fingerprint density at radius 3 is 3.33 bits per heavy atom. The highest BCUT2D eigenvalue weighted by molar-refractivity contribution is 6.21. The minimum Gasteiger partial charge on any atom is -0.373 e. The molecule has 50 valence electrons. The fourth-order valence-electron chi connectivity index (χ4n) is 1.61. The van der Waals surface area contributed by atoms with Gasteiger partial charge >= 0.3 is 0 Å². The summed E-state index contributed by atoms with van der Waals surface area (Å²) in [6.07, 6.45) is 4.64. The van der Waals surface area contributed by atoms with Crippen molar-refractivity contribution in [2.75, 3.05) is 13.1 Å². The highest BCUT2D eigenvalue weighted by atomic mass is 35.5. The van der Waals surface area contributed by atoms with E-state index in [1.165, 1.54) is 18.7 Å². The van der Waals surface area contributed by atoms with Crippen molar-refractivity contribution in [2.24, 2.45) is 0 Å². The van der Waals surface area contributed by atoms with Crippen LogP contribution < -0.4 is 0 Å². The molecule has 2 aliphatic rings. The Morgan fingerprint density at radius 1 is 1.67 bits per heavy atom. The molecule has 9 heavy (non-hydrogen) atoms. The van der Waals surface area contributed by atoms with Crippen molar-refractivity contribution in [1.82, 2.24) is 4.90 Å². The molecule has 0 aliphatic carbocycles. The van der Waals surface area contributed by atoms with E-state index in [2.05, 4.69) is 11.0 Å². The molecule has 0 spiro atoms. The number of halogens is 1. The van der Waals surface area contributed by atoms with Crippen LogP contribution in [0, 0.1) is 0 Å². The van der Waals surface area contributed by atoms with Crippen LogP contribution in [0.25, 0.3) is 0 Å². The Balaban J connectivity index is 2.15. The first-order chi connectivity index (χ1) is 4.36. The maximum atomic E-state index is 5.93. The number of allylic oxidation sites excluding steroid dienone is 1. The number of hydrogen-bond donors (Lipinski definition) is 0. The van der Waals surface area contributed by atoms with E-state index < -0.39 is 0 Å². The summed E-state index contributed by atoms with van der Waals surface area (Å²) in [5.41, 5.74) is 1.48. The van der Waals surface area contributed by atoms with Gasteiger partial charge in [0, 0.05) is 25.2 Å². The lowest BCUT2D eigenvalue weighted by Gasteiger charge is -2.11. The van der Waals surface area contributed by atoms with Crippen LogP contribution in [0.3, 0.4) is 0 Å². The fraction of sp³-hybridized carbons (Fsp3) is 0.714. The van der Waals surface area contributed by atoms with E-state index in [9.17, 15) is 0 Å². The van der Waals surface area contributed by atoms with E-state index in [0.717, 1.165) is 13.0 Å². The van der Waals surface area contributed by atoms with Crippen LogP contribution in [-0.4, -0.2) is 23.4 Å². The van der Waals surface area contributed by atoms with Crippen molar-refractivity contribution < 1.29 is 0 Å². The zero-order valence-electron chi connectivity index (χ0n) is 5.31. The molecule has 0 aromatic heterocycles. The molecule has 0 N–H and O–H groups in total. The maximum Gasteiger partial charge on any atom is 0.0565 e. The molecule has 0 saturated carbocycles. The third kappa shape index (κ3) is 0.837. The average Bonchev–Trinajstić information content (AvgIpc) is 2.22. The standard InChI is InChI=1S/C7H10ClN/c8-6-4-7-2-1-3-9(7)5-6/h2,6H,1,3-5H2/t6-/m1/s1. The second-order valence-electron chi connectivity index (χ2n) is 2.73. The van der Waals surface area contributed by atoms with Gasteiger partial charge in [-0.25, -0.2) is 0 Å². The lowest BCUT2D eigenvalue weighted by atomic mass is 10.3. The molecule has 1 nitrogen and oxygen atoms in total. The minimum absolute atomic E-state index is 0.386. The summed E-state index contributed by atoms with van der Waals surface area (Å²) >= 11 is 5.93. The Bertz CT molecular complexity index is 153. The van der Waals surface area contributed by atoms with Gasteiger partial charge in [0.1, 0.15) is 0 Å². The van der Waals surface area contributed by atoms with Gasteiger partial charge in [0.2, 0.25) is 0 Å². The summed E-state index contributed by atoms with van der Waals surface area (Å²) in [6, 6.07) is 0. The lowest BCUT2D eigenvalue weighted by molar-refractivity contribution is 0.429. The second-order valence-corrected chi connectivity index (χ2v) is 3.35. The topological polar surface area (TPSA) is 3.24 Å². The molecular weight excluding hydrogens is 134 g/mol. The number of hydrogen-bond acceptors (Lipinski definition) is 1. The van der Waals surface area contributed by atoms with Gasteiger partial charge in [-0.1, -0.05) is 6.08 Å². The Hall–Kier alpha value is -0.170. The van der Waals surface area contributed by atoms with E-state index in [1.807, 2.05) is 0 Å². The summed E-state index contributed by atoms with van der Waals surface area (Å²) in [6.45, 7) is 2.28. The number of rotatable bonds is 0. The van der Waals surface area contributed by atoms with Gasteiger partial charge in [-0.15, -0.1) is 11.6 Å². The molecule has 0 bridgehead atoms. The monoisotopic (exact) mass is 143 g/mol. The van der Waals surface area contributed by atoms with Gasteiger partial charge in [0.15, 0.2) is 0 Å². The molecule has 1 fully saturated rings. The summed E-state index contributed by atoms with van der Waals surface area (Å²) in [5.74, 6) is 0. The van der Waals surface area contributed by atoms with E-state index in [-0.39, 0.29) is 0 Å². The van der Waals surface area contributed by atoms with Crippen LogP contribution in [0.5, 0.6) is 0 Å². The molecule has 0 amide bonds. The fourth-order valence-corrected chi connectivity index (χ4v) is 1.94. The molecule has 2 aliphatic heterocycles. The SMILES string of the molecule is Cl[C@@H]1CC2=CCCN2C1. The Kier molecular flexibility index (Phi) is 1.19. The quantitative estimate of drug-likeness (QED) is 0.466. The van der Waals surface area contributed by atoms with Gasteiger partial charge in [0.25, 0.3) is 0 Å². The Morgan fingerprint density at radius 2 is 2.56 bits per heavy atom. The molecule has 2 heterocycles. The largest absolute Gasteiger partial charge is 0.373 e. The van der Waals surface area contributed by atoms with Gasteiger partial charge in [0.05, 0.1) is 5.38 Å². The van der Waals surface area contributed by atoms with Crippen molar-refractivity contribution >= 4 is 11.6 Å². The van der Waals surface area contributed by atoms with Crippen molar-refractivity contribution in [3.05, 3.63) is 11.8 Å². The normalized spacial score (nSPS) is 32.8. The van der Waals surface area contributed by atoms with Gasteiger partial charge in [-0.05, 0) is 6.42 Å². The van der Waals surface area contributed by atoms with Crippen molar-refractivity contribution in [3.63, 3.8) is 0 Å². The van der Waals surface area contributed by atoms with Gasteiger partial charge in [-0.3, -0.25) is 0 Å². The van der Waals surface area contributed by atoms with Crippen molar-refractivity contribution in [1.29, 1.82) is 0 Å². The highest BCUT2D eigenvalue weighted by Crippen LogP contribution is 2.29. The van der Waals surface area contributed by atoms with Gasteiger partial charge < -0.3 is 4.90 Å². The third-order valence-corrected chi connectivity index (χ3v) is 2.33. The summed E-state index contributed by atoms with van der Waals surface area (Å²) in [7, 11) is 0. The number of alkyl halides is 1. The first kappa shape index (κ1) is 5.60. The lowest BCUT2D eigenvalue weighted by Crippen LogP contribution is -2.16. The summed E-state index contributed by atoms with van der Waals surface area (Å²) in [4.78, 5) is 2.39. The molecule has 0 aromatic rings. The Labute approximate surface area is 60.3 Å². The number of nitrogens with zero attached hydrogens (tertiary/aromatic N) is 1. The molecule has 2 rings (SSSR count). The van der Waals surface area contributed by atoms with Crippen LogP contribution in [0.15, 0.2) is 11.8 Å². The first-order valence-electron chi connectivity index (χ1n) is 3.44. The molecule has 0 aromatic carbocycles. The van der Waals surface area contributed by atoms with Crippen LogP contribution in [-0.2, 0) is 0 Å². The van der Waals surface area contributed by atoms with E-state index in [1.54, 1.807) is 0 Å². The summed E-state index contributed by atoms with van der Waals surface area (Å²) < 4.78 is 0. The van der Waals surface area contributed by atoms with Crippen molar-refractivity contribution in [3.8, 4) is 0 Å². The van der Waals surface area contributed by atoms with Crippen molar-refractivity contribution in [2.45, 2.75) is 18.2 Å². The minimum atomic E-state index is 0.386. The second kappa shape index (κ2) is 1.91. The smallest absolute Gasteiger partial charge is 0.0565 e. The van der Waals surface area contributed by atoms with Crippen LogP contribution in [0.2, 0.25) is 0 Å². The zero-order valence-corrected chi connectivity index (χ0v) is 6.06. The van der Waals surface area contributed by atoms with Crippen LogP contribution >= 0.6 is 11.6 Å². The van der Waals surface area contributed by atoms with Crippen LogP contribution in [0.4, 0.5) is 0 Å². The molecular formula is C7H10ClN. The molecule has 0 radical (unpaired) electrons. The first-order valence-corrected chi connectivity index (χ1v) is 3.88. The van der Waals surface area contributed by atoms with Crippen LogP contribution in [0.1, 0.15) is 12.8 Å². The predicted octanol–water partition coefficient (Wildman–Crippen LogP) is 1.59. The molecule has 0 unspecified atom stereocenters. The third-order valence-electron chi connectivity index (χ3n) is 2.03. The van der Waals surface area contributed by atoms with E-state index in [0.29, 0.717) is 5.38 Å². The molecule has 1 saturated heterocycles. The molecule has 2 heteroatoms. The van der Waals surface area contributed by atoms with E-state index >= 15 is 0 Å². The van der Waals surface area contributed by atoms with Gasteiger partial charge in [-0.2, -0.15) is 0 Å². The predicted molar refractivity (Wildman–Crippen MR) is 38.5 cm³/mol. The number of fused-ring (bicyclic) bond motifs is 1. The van der Waals surface area contributed by atoms with E-state index in [4.69, 9.17) is 11.6 Å². The zero-order chi connectivity index (χ0) is 6.27. The maximum absolute atomic E-state index is 5.93.